The van der Waals surface area contributed by atoms with Crippen molar-refractivity contribution >= 4 is 17.4 Å². The maximum absolute atomic E-state index is 12.4. The zero-order valence-corrected chi connectivity index (χ0v) is 14.0. The van der Waals surface area contributed by atoms with Crippen molar-refractivity contribution in [3.63, 3.8) is 0 Å². The number of pyridine rings is 1. The molecule has 1 amide bonds. The van der Waals surface area contributed by atoms with E-state index in [4.69, 9.17) is 9.47 Å². The van der Waals surface area contributed by atoms with E-state index in [0.29, 0.717) is 36.9 Å². The monoisotopic (exact) mass is 329 g/mol. The molecule has 0 aliphatic heterocycles. The maximum atomic E-state index is 12.4. The quantitative estimate of drug-likeness (QED) is 0.692. The summed E-state index contributed by atoms with van der Waals surface area (Å²) in [5, 5.41) is 6.04. The van der Waals surface area contributed by atoms with Crippen LogP contribution in [0.3, 0.4) is 0 Å². The van der Waals surface area contributed by atoms with E-state index in [1.807, 2.05) is 31.2 Å². The van der Waals surface area contributed by atoms with E-state index in [0.717, 1.165) is 12.1 Å². The van der Waals surface area contributed by atoms with E-state index in [2.05, 4.69) is 15.6 Å². The molecule has 0 atom stereocenters. The number of ether oxygens (including phenoxy) is 2. The van der Waals surface area contributed by atoms with Crippen LogP contribution in [0.1, 0.15) is 23.7 Å². The lowest BCUT2D eigenvalue weighted by Crippen LogP contribution is -2.26. The first-order chi connectivity index (χ1) is 11.8. The lowest BCUT2D eigenvalue weighted by Gasteiger charge is -2.13. The Hall–Kier alpha value is -2.60. The summed E-state index contributed by atoms with van der Waals surface area (Å²) in [5.74, 6) is 1.01. The maximum Gasteiger partial charge on any atom is 0.255 e. The van der Waals surface area contributed by atoms with Crippen LogP contribution in [0.4, 0.5) is 11.5 Å². The Labute approximate surface area is 142 Å². The van der Waals surface area contributed by atoms with Gasteiger partial charge in [0.05, 0.1) is 18.4 Å². The lowest BCUT2D eigenvalue weighted by molar-refractivity contribution is 0.0945. The summed E-state index contributed by atoms with van der Waals surface area (Å²) in [6.45, 7) is 3.82. The number of rotatable bonds is 9. The highest BCUT2D eigenvalue weighted by Gasteiger charge is 2.13. The minimum absolute atomic E-state index is 0.169. The fourth-order valence-corrected chi connectivity index (χ4v) is 2.18. The van der Waals surface area contributed by atoms with Gasteiger partial charge in [-0.05, 0) is 37.6 Å². The van der Waals surface area contributed by atoms with Crippen LogP contribution in [0.25, 0.3) is 0 Å². The predicted octanol–water partition coefficient (Wildman–Crippen LogP) is 2.99. The number of nitrogens with one attached hydrogen (secondary N) is 2. The second kappa shape index (κ2) is 9.52. The third-order valence-corrected chi connectivity index (χ3v) is 3.37. The fraction of sp³-hybridized carbons (Fsp3) is 0.333. The highest BCUT2D eigenvalue weighted by molar-refractivity contribution is 5.99. The molecule has 128 valence electrons. The summed E-state index contributed by atoms with van der Waals surface area (Å²) in [7, 11) is 1.60. The summed E-state index contributed by atoms with van der Waals surface area (Å²) < 4.78 is 10.6. The molecular weight excluding hydrogens is 306 g/mol. The van der Waals surface area contributed by atoms with Crippen molar-refractivity contribution in [2.24, 2.45) is 0 Å². The number of para-hydroxylation sites is 2. The lowest BCUT2D eigenvalue weighted by atomic mass is 10.2. The van der Waals surface area contributed by atoms with Crippen LogP contribution in [0.5, 0.6) is 5.75 Å². The first-order valence-corrected chi connectivity index (χ1v) is 7.97. The Bertz CT molecular complexity index is 661. The van der Waals surface area contributed by atoms with Gasteiger partial charge in [-0.1, -0.05) is 12.1 Å². The van der Waals surface area contributed by atoms with Crippen molar-refractivity contribution in [1.29, 1.82) is 0 Å². The number of benzene rings is 1. The third kappa shape index (κ3) is 4.96. The zero-order chi connectivity index (χ0) is 17.2. The minimum atomic E-state index is -0.169. The zero-order valence-electron chi connectivity index (χ0n) is 14.0. The van der Waals surface area contributed by atoms with Gasteiger partial charge in [-0.25, -0.2) is 4.98 Å². The summed E-state index contributed by atoms with van der Waals surface area (Å²) >= 11 is 0. The minimum Gasteiger partial charge on any atom is -0.495 e. The number of anilines is 2. The molecule has 0 bridgehead atoms. The van der Waals surface area contributed by atoms with Gasteiger partial charge in [0.2, 0.25) is 0 Å². The molecule has 6 heteroatoms. The Morgan fingerprint density at radius 1 is 1.21 bits per heavy atom. The van der Waals surface area contributed by atoms with Gasteiger partial charge in [0, 0.05) is 26.0 Å². The average molecular weight is 329 g/mol. The number of nitrogens with zero attached hydrogens (tertiary/aromatic N) is 1. The van der Waals surface area contributed by atoms with Gasteiger partial charge in [0.1, 0.15) is 11.6 Å². The first-order valence-electron chi connectivity index (χ1n) is 7.97. The van der Waals surface area contributed by atoms with Crippen molar-refractivity contribution in [3.8, 4) is 5.75 Å². The average Bonchev–Trinajstić information content (AvgIpc) is 2.62. The number of carbonyl (C=O) groups is 1. The normalized spacial score (nSPS) is 10.2. The van der Waals surface area contributed by atoms with E-state index in [9.17, 15) is 4.79 Å². The SMILES string of the molecule is CCOCCCNC(=O)c1cccnc1Nc1ccccc1OC. The number of hydrogen-bond acceptors (Lipinski definition) is 5. The Kier molecular flexibility index (Phi) is 7.04. The first kappa shape index (κ1) is 17.7. The Morgan fingerprint density at radius 2 is 2.04 bits per heavy atom. The van der Waals surface area contributed by atoms with Crippen LogP contribution >= 0.6 is 0 Å². The number of aromatic nitrogens is 1. The molecule has 0 saturated carbocycles. The van der Waals surface area contributed by atoms with Crippen molar-refractivity contribution in [2.75, 3.05) is 32.2 Å². The molecule has 0 saturated heterocycles. The standard InChI is InChI=1S/C18H23N3O3/c1-3-24-13-7-12-20-18(22)14-8-6-11-19-17(14)21-15-9-4-5-10-16(15)23-2/h4-6,8-11H,3,7,12-13H2,1-2H3,(H,19,21)(H,20,22). The summed E-state index contributed by atoms with van der Waals surface area (Å²) in [5.41, 5.74) is 1.24. The van der Waals surface area contributed by atoms with Crippen molar-refractivity contribution < 1.29 is 14.3 Å². The molecule has 0 fully saturated rings. The Balaban J connectivity index is 2.05. The molecule has 0 radical (unpaired) electrons. The van der Waals surface area contributed by atoms with Crippen LogP contribution in [0.2, 0.25) is 0 Å². The van der Waals surface area contributed by atoms with Crippen molar-refractivity contribution in [3.05, 3.63) is 48.2 Å². The topological polar surface area (TPSA) is 72.5 Å². The molecule has 2 aromatic rings. The number of hydrogen-bond donors (Lipinski definition) is 2. The molecule has 1 heterocycles. The molecule has 0 spiro atoms. The Morgan fingerprint density at radius 3 is 2.83 bits per heavy atom. The van der Waals surface area contributed by atoms with Gasteiger partial charge in [-0.3, -0.25) is 4.79 Å². The molecule has 0 aliphatic rings. The second-order valence-corrected chi connectivity index (χ2v) is 5.03. The van der Waals surface area contributed by atoms with Gasteiger partial charge >= 0.3 is 0 Å². The van der Waals surface area contributed by atoms with Gasteiger partial charge in [0.25, 0.3) is 5.91 Å². The summed E-state index contributed by atoms with van der Waals surface area (Å²) in [6, 6.07) is 11.0. The second-order valence-electron chi connectivity index (χ2n) is 5.03. The van der Waals surface area contributed by atoms with E-state index in [1.165, 1.54) is 0 Å². The number of amides is 1. The van der Waals surface area contributed by atoms with Gasteiger partial charge in [-0.15, -0.1) is 0 Å². The molecule has 24 heavy (non-hydrogen) atoms. The smallest absolute Gasteiger partial charge is 0.255 e. The van der Waals surface area contributed by atoms with Crippen LogP contribution in [0, 0.1) is 0 Å². The molecule has 6 nitrogen and oxygen atoms in total. The molecule has 2 N–H and O–H groups in total. The molecule has 1 aromatic heterocycles. The van der Waals surface area contributed by atoms with Crippen LogP contribution in [0.15, 0.2) is 42.6 Å². The van der Waals surface area contributed by atoms with E-state index in [1.54, 1.807) is 25.4 Å². The predicted molar refractivity (Wildman–Crippen MR) is 94.0 cm³/mol. The number of carbonyl (C=O) groups excluding carboxylic acids is 1. The molecule has 0 aliphatic carbocycles. The molecule has 1 aromatic carbocycles. The largest absolute Gasteiger partial charge is 0.495 e. The van der Waals surface area contributed by atoms with E-state index in [-0.39, 0.29) is 5.91 Å². The van der Waals surface area contributed by atoms with Crippen molar-refractivity contribution in [1.82, 2.24) is 10.3 Å². The van der Waals surface area contributed by atoms with Gasteiger partial charge in [0.15, 0.2) is 0 Å². The molecule has 2 rings (SSSR count). The highest BCUT2D eigenvalue weighted by Crippen LogP contribution is 2.27. The summed E-state index contributed by atoms with van der Waals surface area (Å²) in [6.07, 6.45) is 2.42. The third-order valence-electron chi connectivity index (χ3n) is 3.37. The molecule has 0 unspecified atom stereocenters. The summed E-state index contributed by atoms with van der Waals surface area (Å²) in [4.78, 5) is 16.7. The van der Waals surface area contributed by atoms with E-state index < -0.39 is 0 Å². The molecular formula is C18H23N3O3. The van der Waals surface area contributed by atoms with Crippen LogP contribution in [-0.2, 0) is 4.74 Å². The van der Waals surface area contributed by atoms with E-state index >= 15 is 0 Å². The van der Waals surface area contributed by atoms with Crippen LogP contribution < -0.4 is 15.4 Å². The number of methoxy groups -OCH3 is 1. The van der Waals surface area contributed by atoms with Gasteiger partial charge in [-0.2, -0.15) is 0 Å². The van der Waals surface area contributed by atoms with Crippen molar-refractivity contribution in [2.45, 2.75) is 13.3 Å². The van der Waals surface area contributed by atoms with Crippen LogP contribution in [-0.4, -0.2) is 37.8 Å². The fourth-order valence-electron chi connectivity index (χ4n) is 2.18. The van der Waals surface area contributed by atoms with Gasteiger partial charge < -0.3 is 20.1 Å². The highest BCUT2D eigenvalue weighted by atomic mass is 16.5.